The minimum Gasteiger partial charge on any atom is -0.475 e. The maximum atomic E-state index is 6.03. The summed E-state index contributed by atoms with van der Waals surface area (Å²) < 4.78 is 6.03. The fourth-order valence-corrected chi connectivity index (χ4v) is 3.56. The van der Waals surface area contributed by atoms with Crippen molar-refractivity contribution in [2.24, 2.45) is 4.99 Å². The number of allylic oxidation sites excluding steroid dienone is 1. The van der Waals surface area contributed by atoms with Crippen LogP contribution >= 0.6 is 0 Å². The van der Waals surface area contributed by atoms with Crippen molar-refractivity contribution < 1.29 is 4.74 Å². The first-order valence-electron chi connectivity index (χ1n) is 8.43. The molecule has 1 atom stereocenters. The topological polar surface area (TPSA) is 21.6 Å². The van der Waals surface area contributed by atoms with Gasteiger partial charge in [0.2, 0.25) is 6.23 Å². The third kappa shape index (κ3) is 2.66. The van der Waals surface area contributed by atoms with E-state index in [9.17, 15) is 0 Å². The lowest BCUT2D eigenvalue weighted by molar-refractivity contribution is 0.103. The highest BCUT2D eigenvalue weighted by atomic mass is 16.5. The van der Waals surface area contributed by atoms with Gasteiger partial charge in [0.15, 0.2) is 0 Å². The lowest BCUT2D eigenvalue weighted by Gasteiger charge is -2.40. The van der Waals surface area contributed by atoms with Gasteiger partial charge < -0.3 is 4.74 Å². The van der Waals surface area contributed by atoms with E-state index < -0.39 is 5.41 Å². The van der Waals surface area contributed by atoms with Crippen molar-refractivity contribution in [1.29, 1.82) is 0 Å². The van der Waals surface area contributed by atoms with E-state index in [1.807, 2.05) is 30.5 Å². The molecular formula is C23H19NO. The van der Waals surface area contributed by atoms with Gasteiger partial charge in [-0.2, -0.15) is 0 Å². The molecule has 0 fully saturated rings. The number of hydrogen-bond acceptors (Lipinski definition) is 2. The Bertz CT molecular complexity index is 773. The van der Waals surface area contributed by atoms with Crippen molar-refractivity contribution in [3.8, 4) is 0 Å². The lowest BCUT2D eigenvalue weighted by Crippen LogP contribution is -2.42. The minimum absolute atomic E-state index is 0.371. The Morgan fingerprint density at radius 2 is 1.08 bits per heavy atom. The molecule has 1 heterocycles. The Hall–Kier alpha value is -3.13. The van der Waals surface area contributed by atoms with Gasteiger partial charge in [-0.05, 0) is 22.8 Å². The third-order valence-electron chi connectivity index (χ3n) is 4.65. The van der Waals surface area contributed by atoms with E-state index in [2.05, 4.69) is 72.8 Å². The zero-order valence-corrected chi connectivity index (χ0v) is 13.8. The van der Waals surface area contributed by atoms with Gasteiger partial charge in [-0.1, -0.05) is 91.0 Å². The third-order valence-corrected chi connectivity index (χ3v) is 4.65. The molecule has 122 valence electrons. The smallest absolute Gasteiger partial charge is 0.206 e. The highest BCUT2D eigenvalue weighted by molar-refractivity contribution is 5.72. The van der Waals surface area contributed by atoms with Crippen LogP contribution in [0.4, 0.5) is 0 Å². The first-order chi connectivity index (χ1) is 12.4. The van der Waals surface area contributed by atoms with Crippen LogP contribution in [0.15, 0.2) is 108 Å². The van der Waals surface area contributed by atoms with Crippen molar-refractivity contribution in [3.05, 3.63) is 120 Å². The summed E-state index contributed by atoms with van der Waals surface area (Å²) >= 11 is 0. The Morgan fingerprint density at radius 1 is 0.640 bits per heavy atom. The number of nitrogens with zero attached hydrogens (tertiary/aromatic N) is 1. The summed E-state index contributed by atoms with van der Waals surface area (Å²) in [6.45, 7) is 0. The number of benzene rings is 3. The molecule has 0 aliphatic carbocycles. The van der Waals surface area contributed by atoms with Crippen molar-refractivity contribution >= 4 is 6.21 Å². The van der Waals surface area contributed by atoms with Crippen LogP contribution in [-0.4, -0.2) is 12.4 Å². The van der Waals surface area contributed by atoms with E-state index in [4.69, 9.17) is 9.73 Å². The molecule has 2 heteroatoms. The van der Waals surface area contributed by atoms with Crippen LogP contribution in [0.3, 0.4) is 0 Å². The number of aliphatic imine (C=N–C) groups is 1. The Labute approximate surface area is 148 Å². The van der Waals surface area contributed by atoms with E-state index in [0.717, 1.165) is 16.7 Å². The molecular weight excluding hydrogens is 306 g/mol. The molecule has 4 rings (SSSR count). The average Bonchev–Trinajstić information content (AvgIpc) is 2.72. The van der Waals surface area contributed by atoms with Crippen molar-refractivity contribution in [2.45, 2.75) is 11.6 Å². The van der Waals surface area contributed by atoms with Gasteiger partial charge in [0.25, 0.3) is 0 Å². The first-order valence-corrected chi connectivity index (χ1v) is 8.43. The standard InChI is InChI=1S/C23H19NO/c1-4-11-19(12-5-1)23(20-13-6-2-7-14-20,21-15-8-3-9-16-21)22-24-17-10-18-25-22/h1-18,22H. The maximum absolute atomic E-state index is 6.03. The highest BCUT2D eigenvalue weighted by Gasteiger charge is 2.45. The molecule has 25 heavy (non-hydrogen) atoms. The molecule has 3 aromatic rings. The van der Waals surface area contributed by atoms with Crippen LogP contribution in [0, 0.1) is 0 Å². The second kappa shape index (κ2) is 6.78. The first kappa shape index (κ1) is 15.4. The van der Waals surface area contributed by atoms with Gasteiger partial charge in [0, 0.05) is 6.21 Å². The van der Waals surface area contributed by atoms with E-state index >= 15 is 0 Å². The maximum Gasteiger partial charge on any atom is 0.206 e. The van der Waals surface area contributed by atoms with Gasteiger partial charge in [-0.15, -0.1) is 0 Å². The number of rotatable bonds is 4. The molecule has 0 spiro atoms. The quantitative estimate of drug-likeness (QED) is 0.621. The molecule has 0 aromatic heterocycles. The molecule has 1 aliphatic heterocycles. The monoisotopic (exact) mass is 325 g/mol. The molecule has 3 aromatic carbocycles. The van der Waals surface area contributed by atoms with Gasteiger partial charge in [-0.25, -0.2) is 4.99 Å². The van der Waals surface area contributed by atoms with Crippen LogP contribution in [-0.2, 0) is 10.2 Å². The summed E-state index contributed by atoms with van der Waals surface area (Å²) in [6, 6.07) is 31.4. The van der Waals surface area contributed by atoms with E-state index in [1.165, 1.54) is 0 Å². The molecule has 0 radical (unpaired) electrons. The predicted octanol–water partition coefficient (Wildman–Crippen LogP) is 4.96. The fraction of sp³-hybridized carbons (Fsp3) is 0.0870. The molecule has 2 nitrogen and oxygen atoms in total. The summed E-state index contributed by atoms with van der Waals surface area (Å²) in [5.74, 6) is 0. The van der Waals surface area contributed by atoms with Gasteiger partial charge in [0.1, 0.15) is 5.41 Å². The van der Waals surface area contributed by atoms with Gasteiger partial charge >= 0.3 is 0 Å². The summed E-state index contributed by atoms with van der Waals surface area (Å²) in [4.78, 5) is 4.70. The van der Waals surface area contributed by atoms with Crippen molar-refractivity contribution in [3.63, 3.8) is 0 Å². The van der Waals surface area contributed by atoms with Gasteiger partial charge in [-0.3, -0.25) is 0 Å². The SMILES string of the molecule is C1=COC(C(c2ccccc2)(c2ccccc2)c2ccccc2)N=C1. The van der Waals surface area contributed by atoms with Crippen molar-refractivity contribution in [2.75, 3.05) is 0 Å². The second-order valence-corrected chi connectivity index (χ2v) is 6.02. The highest BCUT2D eigenvalue weighted by Crippen LogP contribution is 2.44. The Kier molecular flexibility index (Phi) is 4.17. The molecule has 0 amide bonds. The number of ether oxygens (including phenoxy) is 1. The van der Waals surface area contributed by atoms with Crippen LogP contribution in [0.1, 0.15) is 16.7 Å². The zero-order valence-electron chi connectivity index (χ0n) is 13.8. The largest absolute Gasteiger partial charge is 0.475 e. The van der Waals surface area contributed by atoms with Crippen LogP contribution in [0.25, 0.3) is 0 Å². The normalized spacial score (nSPS) is 16.4. The van der Waals surface area contributed by atoms with Crippen LogP contribution < -0.4 is 0 Å². The molecule has 0 saturated heterocycles. The van der Waals surface area contributed by atoms with E-state index in [1.54, 1.807) is 6.26 Å². The summed E-state index contributed by atoms with van der Waals surface area (Å²) in [5, 5.41) is 0. The zero-order chi connectivity index (χ0) is 17.0. The van der Waals surface area contributed by atoms with E-state index in [0.29, 0.717) is 0 Å². The summed E-state index contributed by atoms with van der Waals surface area (Å²) in [5.41, 5.74) is 2.95. The minimum atomic E-state index is -0.523. The van der Waals surface area contributed by atoms with Crippen LogP contribution in [0.5, 0.6) is 0 Å². The number of hydrogen-bond donors (Lipinski definition) is 0. The molecule has 0 bridgehead atoms. The summed E-state index contributed by atoms with van der Waals surface area (Å²) in [6.07, 6.45) is 4.99. The summed E-state index contributed by atoms with van der Waals surface area (Å²) in [7, 11) is 0. The lowest BCUT2D eigenvalue weighted by atomic mass is 9.68. The van der Waals surface area contributed by atoms with Crippen LogP contribution in [0.2, 0.25) is 0 Å². The molecule has 0 saturated carbocycles. The predicted molar refractivity (Wildman–Crippen MR) is 102 cm³/mol. The second-order valence-electron chi connectivity index (χ2n) is 6.02. The molecule has 1 aliphatic rings. The molecule has 0 N–H and O–H groups in total. The van der Waals surface area contributed by atoms with Crippen molar-refractivity contribution in [1.82, 2.24) is 0 Å². The Morgan fingerprint density at radius 3 is 1.44 bits per heavy atom. The van der Waals surface area contributed by atoms with E-state index in [-0.39, 0.29) is 6.23 Å². The Balaban J connectivity index is 2.05. The van der Waals surface area contributed by atoms with Gasteiger partial charge in [0.05, 0.1) is 6.26 Å². The fourth-order valence-electron chi connectivity index (χ4n) is 3.56. The molecule has 1 unspecified atom stereocenters. The average molecular weight is 325 g/mol.